The smallest absolute Gasteiger partial charge is 0.260 e. The molecule has 11 nitrogen and oxygen atoms in total. The third kappa shape index (κ3) is 8.17. The van der Waals surface area contributed by atoms with Crippen molar-refractivity contribution in [3.63, 3.8) is 0 Å². The molecule has 1 unspecified atom stereocenters. The summed E-state index contributed by atoms with van der Waals surface area (Å²) in [6.07, 6.45) is 0. The van der Waals surface area contributed by atoms with E-state index in [0.717, 1.165) is 5.56 Å². The number of carbonyl (C=O) groups is 2. The SMILES string of the molecule is CCOc1cc(C2C(C(=O)Nc3ccccc3OC)=C(C)Nc3nc(SCc4ccccc4Cl)nn32)cc(Br)c1OCC(=O)N(CC)CC. The Kier molecular flexibility index (Phi) is 12.1. The number of benzene rings is 3. The molecule has 5 rings (SSSR count). The lowest BCUT2D eigenvalue weighted by Gasteiger charge is -2.29. The lowest BCUT2D eigenvalue weighted by molar-refractivity contribution is -0.133. The number of para-hydroxylation sites is 2. The van der Waals surface area contributed by atoms with E-state index in [4.69, 9.17) is 35.9 Å². The molecule has 0 aliphatic carbocycles. The Hall–Kier alpha value is -4.20. The summed E-state index contributed by atoms with van der Waals surface area (Å²) in [6, 6.07) is 17.8. The maximum Gasteiger partial charge on any atom is 0.260 e. The molecular formula is C35H38BrClN6O5S. The fourth-order valence-electron chi connectivity index (χ4n) is 5.44. The van der Waals surface area contributed by atoms with E-state index in [1.807, 2.05) is 76.2 Å². The maximum absolute atomic E-state index is 14.2. The first-order valence-corrected chi connectivity index (χ1v) is 18.0. The number of fused-ring (bicyclic) bond motifs is 1. The highest BCUT2D eigenvalue weighted by molar-refractivity contribution is 9.10. The lowest BCUT2D eigenvalue weighted by Crippen LogP contribution is -2.34. The summed E-state index contributed by atoms with van der Waals surface area (Å²) in [7, 11) is 1.55. The zero-order valence-corrected chi connectivity index (χ0v) is 31.0. The number of hydrogen-bond acceptors (Lipinski definition) is 9. The Morgan fingerprint density at radius 2 is 1.80 bits per heavy atom. The summed E-state index contributed by atoms with van der Waals surface area (Å²) in [4.78, 5) is 33.4. The minimum atomic E-state index is -0.727. The molecule has 1 aliphatic rings. The van der Waals surface area contributed by atoms with Crippen LogP contribution < -0.4 is 24.8 Å². The number of nitrogens with one attached hydrogen (secondary N) is 2. The maximum atomic E-state index is 14.2. The van der Waals surface area contributed by atoms with E-state index in [0.29, 0.717) is 85.8 Å². The molecule has 2 N–H and O–H groups in total. The number of methoxy groups -OCH3 is 1. The van der Waals surface area contributed by atoms with Gasteiger partial charge in [-0.1, -0.05) is 53.7 Å². The summed E-state index contributed by atoms with van der Waals surface area (Å²) < 4.78 is 19.8. The van der Waals surface area contributed by atoms with Crippen molar-refractivity contribution in [3.05, 3.63) is 92.6 Å². The standard InChI is InChI=1S/C35H38BrClN6O5S/c1-6-42(7-2)29(44)19-48-32-24(36)17-23(18-28(32)47-8-3)31-30(33(45)39-26-15-11-12-16-27(26)46-5)21(4)38-34-40-35(41-43(31)34)49-20-22-13-9-10-14-25(22)37/h9-18,31H,6-8,19-20H2,1-5H3,(H,39,45)(H,38,40,41). The molecule has 1 aromatic heterocycles. The van der Waals surface area contributed by atoms with Gasteiger partial charge in [0.2, 0.25) is 11.1 Å². The van der Waals surface area contributed by atoms with Crippen LogP contribution in [0.5, 0.6) is 17.2 Å². The number of amides is 2. The zero-order chi connectivity index (χ0) is 35.1. The van der Waals surface area contributed by atoms with Crippen molar-refractivity contribution in [2.24, 2.45) is 0 Å². The van der Waals surface area contributed by atoms with Gasteiger partial charge < -0.3 is 29.7 Å². The molecule has 14 heteroatoms. The van der Waals surface area contributed by atoms with E-state index in [1.54, 1.807) is 28.8 Å². The number of carbonyl (C=O) groups excluding carboxylic acids is 2. The Balaban J connectivity index is 1.56. The Bertz CT molecular complexity index is 1860. The largest absolute Gasteiger partial charge is 0.495 e. The first-order chi connectivity index (χ1) is 23.7. The fourth-order valence-corrected chi connectivity index (χ4v) is 7.13. The molecule has 1 aliphatic heterocycles. The van der Waals surface area contributed by atoms with Gasteiger partial charge in [-0.25, -0.2) is 4.68 Å². The summed E-state index contributed by atoms with van der Waals surface area (Å²) in [5.74, 6) is 1.85. The summed E-state index contributed by atoms with van der Waals surface area (Å²) in [5.41, 5.74) is 3.16. The number of hydrogen-bond donors (Lipinski definition) is 2. The Morgan fingerprint density at radius 1 is 1.06 bits per heavy atom. The predicted octanol–water partition coefficient (Wildman–Crippen LogP) is 7.57. The number of likely N-dealkylation sites (N-methyl/N-ethyl adjacent to an activating group) is 1. The molecule has 49 heavy (non-hydrogen) atoms. The van der Waals surface area contributed by atoms with Crippen LogP contribution in [0, 0.1) is 0 Å². The van der Waals surface area contributed by atoms with Gasteiger partial charge in [-0.15, -0.1) is 5.10 Å². The number of thioether (sulfide) groups is 1. The second-order valence-corrected chi connectivity index (χ2v) is 13.1. The second-order valence-electron chi connectivity index (χ2n) is 10.9. The second kappa shape index (κ2) is 16.5. The van der Waals surface area contributed by atoms with Gasteiger partial charge in [0.05, 0.1) is 29.4 Å². The van der Waals surface area contributed by atoms with Crippen LogP contribution in [0.25, 0.3) is 0 Å². The van der Waals surface area contributed by atoms with Crippen molar-refractivity contribution in [2.45, 2.75) is 44.6 Å². The first kappa shape index (κ1) is 36.1. The molecule has 4 aromatic rings. The average Bonchev–Trinajstić information content (AvgIpc) is 3.50. The highest BCUT2D eigenvalue weighted by Gasteiger charge is 2.36. The molecular weight excluding hydrogens is 732 g/mol. The number of aromatic nitrogens is 3. The van der Waals surface area contributed by atoms with Gasteiger partial charge in [-0.05, 0) is 85.1 Å². The van der Waals surface area contributed by atoms with Crippen molar-refractivity contribution in [2.75, 3.05) is 44.0 Å². The van der Waals surface area contributed by atoms with E-state index >= 15 is 0 Å². The molecule has 3 aromatic carbocycles. The highest BCUT2D eigenvalue weighted by Crippen LogP contribution is 2.44. The van der Waals surface area contributed by atoms with Crippen LogP contribution in [0.1, 0.15) is 44.9 Å². The molecule has 2 heterocycles. The number of ether oxygens (including phenoxy) is 3. The van der Waals surface area contributed by atoms with E-state index in [2.05, 4.69) is 26.6 Å². The van der Waals surface area contributed by atoms with E-state index in [9.17, 15) is 9.59 Å². The first-order valence-electron chi connectivity index (χ1n) is 15.8. The molecule has 2 amide bonds. The molecule has 258 valence electrons. The van der Waals surface area contributed by atoms with Crippen molar-refractivity contribution >= 4 is 62.7 Å². The van der Waals surface area contributed by atoms with Gasteiger partial charge in [0, 0.05) is 29.6 Å². The minimum Gasteiger partial charge on any atom is -0.495 e. The Labute approximate surface area is 303 Å². The predicted molar refractivity (Wildman–Crippen MR) is 196 cm³/mol. The molecule has 0 saturated heterocycles. The van der Waals surface area contributed by atoms with Crippen LogP contribution in [0.3, 0.4) is 0 Å². The van der Waals surface area contributed by atoms with Gasteiger partial charge in [0.1, 0.15) is 11.8 Å². The quantitative estimate of drug-likeness (QED) is 0.125. The number of allylic oxidation sites excluding steroid dienone is 1. The van der Waals surface area contributed by atoms with Crippen molar-refractivity contribution in [1.82, 2.24) is 19.7 Å². The third-order valence-corrected chi connectivity index (χ3v) is 9.70. The lowest BCUT2D eigenvalue weighted by atomic mass is 9.94. The zero-order valence-electron chi connectivity index (χ0n) is 27.9. The molecule has 0 spiro atoms. The molecule has 0 bridgehead atoms. The monoisotopic (exact) mass is 768 g/mol. The summed E-state index contributed by atoms with van der Waals surface area (Å²) >= 11 is 11.5. The van der Waals surface area contributed by atoms with E-state index < -0.39 is 6.04 Å². The third-order valence-electron chi connectivity index (χ3n) is 7.85. The van der Waals surface area contributed by atoms with Gasteiger partial charge in [0.15, 0.2) is 18.1 Å². The van der Waals surface area contributed by atoms with Crippen LogP contribution in [0.2, 0.25) is 5.02 Å². The van der Waals surface area contributed by atoms with Crippen molar-refractivity contribution in [1.29, 1.82) is 0 Å². The van der Waals surface area contributed by atoms with Crippen LogP contribution in [-0.2, 0) is 15.3 Å². The topological polar surface area (TPSA) is 120 Å². The fraction of sp³-hybridized carbons (Fsp3) is 0.314. The van der Waals surface area contributed by atoms with Crippen LogP contribution in [0.4, 0.5) is 11.6 Å². The van der Waals surface area contributed by atoms with Crippen LogP contribution in [-0.4, -0.2) is 64.9 Å². The van der Waals surface area contributed by atoms with E-state index in [-0.39, 0.29) is 18.4 Å². The number of halogens is 2. The minimum absolute atomic E-state index is 0.135. The summed E-state index contributed by atoms with van der Waals surface area (Å²) in [6.45, 7) is 8.89. The van der Waals surface area contributed by atoms with Crippen molar-refractivity contribution < 1.29 is 23.8 Å². The number of rotatable bonds is 14. The average molecular weight is 770 g/mol. The van der Waals surface area contributed by atoms with Crippen molar-refractivity contribution in [3.8, 4) is 17.2 Å². The number of anilines is 2. The Morgan fingerprint density at radius 3 is 2.51 bits per heavy atom. The number of nitrogens with zero attached hydrogens (tertiary/aromatic N) is 4. The van der Waals surface area contributed by atoms with Gasteiger partial charge in [0.25, 0.3) is 11.8 Å². The van der Waals surface area contributed by atoms with E-state index in [1.165, 1.54) is 11.8 Å². The molecule has 0 saturated carbocycles. The normalized spacial score (nSPS) is 13.7. The van der Waals surface area contributed by atoms with Crippen LogP contribution >= 0.6 is 39.3 Å². The molecule has 0 fully saturated rings. The molecule has 1 atom stereocenters. The highest BCUT2D eigenvalue weighted by atomic mass is 79.9. The van der Waals surface area contributed by atoms with Gasteiger partial charge in [-0.3, -0.25) is 9.59 Å². The van der Waals surface area contributed by atoms with Gasteiger partial charge >= 0.3 is 0 Å². The van der Waals surface area contributed by atoms with Crippen LogP contribution in [0.15, 0.2) is 81.6 Å². The summed E-state index contributed by atoms with van der Waals surface area (Å²) in [5, 5.41) is 12.3. The van der Waals surface area contributed by atoms with Gasteiger partial charge in [-0.2, -0.15) is 4.98 Å². The molecule has 0 radical (unpaired) electrons.